The Morgan fingerprint density at radius 1 is 1.19 bits per heavy atom. The van der Waals surface area contributed by atoms with Crippen LogP contribution in [0.25, 0.3) is 27.3 Å². The number of rotatable bonds is 3. The second-order valence-electron chi connectivity index (χ2n) is 6.76. The fourth-order valence-corrected chi connectivity index (χ4v) is 5.16. The molecule has 136 valence electrons. The summed E-state index contributed by atoms with van der Waals surface area (Å²) in [4.78, 5) is 31.4. The van der Waals surface area contributed by atoms with Crippen molar-refractivity contribution in [3.05, 3.63) is 51.3 Å². The number of carbonyl (C=O) groups is 1. The molecule has 8 heteroatoms. The molecule has 27 heavy (non-hydrogen) atoms. The van der Waals surface area contributed by atoms with Crippen molar-refractivity contribution in [2.45, 2.75) is 32.2 Å². The van der Waals surface area contributed by atoms with E-state index in [0.717, 1.165) is 41.5 Å². The van der Waals surface area contributed by atoms with E-state index in [0.29, 0.717) is 11.5 Å². The predicted octanol–water partition coefficient (Wildman–Crippen LogP) is 2.14. The summed E-state index contributed by atoms with van der Waals surface area (Å²) in [7, 11) is 0. The Morgan fingerprint density at radius 3 is 2.74 bits per heavy atom. The number of carbonyl (C=O) groups excluding carboxylic acids is 1. The molecule has 5 rings (SSSR count). The van der Waals surface area contributed by atoms with Crippen LogP contribution in [0.5, 0.6) is 0 Å². The number of fused-ring (bicyclic) bond motifs is 5. The Morgan fingerprint density at radius 2 is 1.96 bits per heavy atom. The highest BCUT2D eigenvalue weighted by Crippen LogP contribution is 2.37. The lowest BCUT2D eigenvalue weighted by atomic mass is 9.97. The Labute approximate surface area is 158 Å². The lowest BCUT2D eigenvalue weighted by Crippen LogP contribution is -2.32. The maximum atomic E-state index is 13.1. The summed E-state index contributed by atoms with van der Waals surface area (Å²) in [6.07, 6.45) is 4.19. The van der Waals surface area contributed by atoms with Crippen LogP contribution in [0, 0.1) is 0 Å². The Hall–Kier alpha value is -3.00. The molecule has 0 bridgehead atoms. The van der Waals surface area contributed by atoms with Gasteiger partial charge in [-0.25, -0.2) is 9.78 Å². The molecule has 0 saturated heterocycles. The van der Waals surface area contributed by atoms with Crippen LogP contribution in [-0.2, 0) is 24.2 Å². The zero-order chi connectivity index (χ0) is 18.5. The van der Waals surface area contributed by atoms with Crippen molar-refractivity contribution < 1.29 is 4.79 Å². The number of thiophene rings is 1. The van der Waals surface area contributed by atoms with Gasteiger partial charge < -0.3 is 5.73 Å². The van der Waals surface area contributed by atoms with Crippen molar-refractivity contribution in [1.29, 1.82) is 0 Å². The molecule has 1 amide bonds. The molecule has 4 aromatic rings. The van der Waals surface area contributed by atoms with Crippen molar-refractivity contribution in [3.63, 3.8) is 0 Å². The zero-order valence-corrected chi connectivity index (χ0v) is 15.3. The van der Waals surface area contributed by atoms with Crippen LogP contribution in [0.4, 0.5) is 0 Å². The van der Waals surface area contributed by atoms with Crippen LogP contribution in [0.3, 0.4) is 0 Å². The quantitative estimate of drug-likeness (QED) is 0.590. The lowest BCUT2D eigenvalue weighted by molar-refractivity contribution is -0.118. The second kappa shape index (κ2) is 6.02. The summed E-state index contributed by atoms with van der Waals surface area (Å²) in [6.45, 7) is -0.162. The number of hydrogen-bond acceptors (Lipinski definition) is 5. The number of aryl methyl sites for hydroxylation is 2. The van der Waals surface area contributed by atoms with E-state index in [1.165, 1.54) is 19.5 Å². The van der Waals surface area contributed by atoms with Crippen LogP contribution in [0.2, 0.25) is 0 Å². The van der Waals surface area contributed by atoms with Crippen LogP contribution in [0.1, 0.15) is 23.3 Å². The third kappa shape index (κ3) is 2.48. The first kappa shape index (κ1) is 16.2. The van der Waals surface area contributed by atoms with Crippen molar-refractivity contribution in [2.75, 3.05) is 0 Å². The SMILES string of the molecule is NC(=O)Cn1c(=O)n2nc(-c3ccccc3)nc2c2c3c(sc21)CCCC3. The molecule has 0 atom stereocenters. The summed E-state index contributed by atoms with van der Waals surface area (Å²) in [5, 5.41) is 5.39. The van der Waals surface area contributed by atoms with Gasteiger partial charge >= 0.3 is 5.69 Å². The summed E-state index contributed by atoms with van der Waals surface area (Å²) < 4.78 is 2.76. The van der Waals surface area contributed by atoms with Gasteiger partial charge in [0, 0.05) is 10.4 Å². The fourth-order valence-electron chi connectivity index (χ4n) is 3.79. The third-order valence-electron chi connectivity index (χ3n) is 4.99. The zero-order valence-electron chi connectivity index (χ0n) is 14.5. The van der Waals surface area contributed by atoms with Crippen molar-refractivity contribution in [2.24, 2.45) is 5.73 Å². The molecule has 1 aliphatic carbocycles. The van der Waals surface area contributed by atoms with Gasteiger partial charge in [0.2, 0.25) is 5.91 Å². The highest BCUT2D eigenvalue weighted by molar-refractivity contribution is 7.19. The van der Waals surface area contributed by atoms with Gasteiger partial charge in [0.05, 0.1) is 5.39 Å². The molecular formula is C19H17N5O2S. The summed E-state index contributed by atoms with van der Waals surface area (Å²) in [6, 6.07) is 9.57. The average molecular weight is 379 g/mol. The van der Waals surface area contributed by atoms with E-state index in [1.54, 1.807) is 11.3 Å². The molecule has 3 aromatic heterocycles. The number of amides is 1. The van der Waals surface area contributed by atoms with Gasteiger partial charge in [0.1, 0.15) is 11.4 Å². The molecule has 1 aliphatic rings. The van der Waals surface area contributed by atoms with Gasteiger partial charge in [-0.1, -0.05) is 30.3 Å². The minimum Gasteiger partial charge on any atom is -0.368 e. The standard InChI is InChI=1S/C19H17N5O2S/c20-14(25)10-23-18-15(12-8-4-5-9-13(12)27-18)17-21-16(22-24(17)19(23)26)11-6-2-1-3-7-11/h1-3,6-7H,4-5,8-10H2,(H2,20,25). The third-order valence-corrected chi connectivity index (χ3v) is 6.30. The minimum absolute atomic E-state index is 0.162. The molecule has 7 nitrogen and oxygen atoms in total. The normalized spacial score (nSPS) is 13.9. The van der Waals surface area contributed by atoms with Gasteiger partial charge in [-0.2, -0.15) is 4.52 Å². The molecule has 1 aromatic carbocycles. The summed E-state index contributed by atoms with van der Waals surface area (Å²) in [5.74, 6) is -0.0471. The Bertz CT molecular complexity index is 1250. The molecule has 0 saturated carbocycles. The lowest BCUT2D eigenvalue weighted by Gasteiger charge is -2.10. The van der Waals surface area contributed by atoms with Crippen molar-refractivity contribution in [1.82, 2.24) is 19.2 Å². The summed E-state index contributed by atoms with van der Waals surface area (Å²) in [5.41, 5.74) is 7.67. The topological polar surface area (TPSA) is 95.3 Å². The van der Waals surface area contributed by atoms with Gasteiger partial charge in [0.15, 0.2) is 11.5 Å². The van der Waals surface area contributed by atoms with E-state index in [-0.39, 0.29) is 12.2 Å². The second-order valence-corrected chi connectivity index (χ2v) is 7.85. The molecule has 0 aliphatic heterocycles. The molecular weight excluding hydrogens is 362 g/mol. The van der Waals surface area contributed by atoms with Crippen LogP contribution in [0.15, 0.2) is 35.1 Å². The molecule has 0 radical (unpaired) electrons. The predicted molar refractivity (Wildman–Crippen MR) is 104 cm³/mol. The van der Waals surface area contributed by atoms with E-state index in [2.05, 4.69) is 5.10 Å². The van der Waals surface area contributed by atoms with Crippen LogP contribution >= 0.6 is 11.3 Å². The maximum absolute atomic E-state index is 13.1. The monoisotopic (exact) mass is 379 g/mol. The Balaban J connectivity index is 1.89. The van der Waals surface area contributed by atoms with E-state index in [4.69, 9.17) is 10.7 Å². The van der Waals surface area contributed by atoms with Crippen LogP contribution in [-0.4, -0.2) is 25.1 Å². The minimum atomic E-state index is -0.549. The molecule has 0 fully saturated rings. The number of nitrogens with zero attached hydrogens (tertiary/aromatic N) is 4. The van der Waals surface area contributed by atoms with E-state index < -0.39 is 5.91 Å². The van der Waals surface area contributed by atoms with E-state index in [9.17, 15) is 9.59 Å². The highest BCUT2D eigenvalue weighted by Gasteiger charge is 2.24. The Kier molecular flexibility index (Phi) is 3.61. The van der Waals surface area contributed by atoms with Crippen molar-refractivity contribution in [3.8, 4) is 11.4 Å². The highest BCUT2D eigenvalue weighted by atomic mass is 32.1. The fraction of sp³-hybridized carbons (Fsp3) is 0.263. The number of primary amides is 1. The van der Waals surface area contributed by atoms with E-state index >= 15 is 0 Å². The molecule has 0 unspecified atom stereocenters. The van der Waals surface area contributed by atoms with Crippen molar-refractivity contribution >= 4 is 33.1 Å². The van der Waals surface area contributed by atoms with Crippen LogP contribution < -0.4 is 11.4 Å². The van der Waals surface area contributed by atoms with Gasteiger partial charge in [-0.3, -0.25) is 9.36 Å². The number of benzene rings is 1. The maximum Gasteiger partial charge on any atom is 0.352 e. The van der Waals surface area contributed by atoms with Gasteiger partial charge in [-0.15, -0.1) is 16.4 Å². The van der Waals surface area contributed by atoms with E-state index in [1.807, 2.05) is 30.3 Å². The van der Waals surface area contributed by atoms with Gasteiger partial charge in [-0.05, 0) is 31.2 Å². The molecule has 2 N–H and O–H groups in total. The number of aromatic nitrogens is 4. The molecule has 0 spiro atoms. The number of hydrogen-bond donors (Lipinski definition) is 1. The first-order valence-electron chi connectivity index (χ1n) is 8.91. The largest absolute Gasteiger partial charge is 0.368 e. The molecule has 3 heterocycles. The van der Waals surface area contributed by atoms with Gasteiger partial charge in [0.25, 0.3) is 0 Å². The first-order valence-corrected chi connectivity index (χ1v) is 9.72. The first-order chi connectivity index (χ1) is 13.1. The smallest absolute Gasteiger partial charge is 0.352 e. The average Bonchev–Trinajstić information content (AvgIpc) is 3.27. The number of nitrogens with two attached hydrogens (primary N) is 1. The summed E-state index contributed by atoms with van der Waals surface area (Å²) >= 11 is 1.58.